The van der Waals surface area contributed by atoms with Gasteiger partial charge in [-0.1, -0.05) is 94.4 Å². The molecule has 1 N–H and O–H groups in total. The van der Waals surface area contributed by atoms with Crippen LogP contribution in [0.1, 0.15) is 45.1 Å². The summed E-state index contributed by atoms with van der Waals surface area (Å²) in [6.07, 6.45) is 2.50. The van der Waals surface area contributed by atoms with Crippen LogP contribution in [0.3, 0.4) is 0 Å². The Hall–Kier alpha value is -2.25. The van der Waals surface area contributed by atoms with Gasteiger partial charge in [-0.05, 0) is 38.3 Å². The smallest absolute Gasteiger partial charge is 0.261 e. The van der Waals surface area contributed by atoms with Crippen LogP contribution in [0.2, 0.25) is 5.04 Å². The SMILES string of the molecule is C=CC(C)(CO[Si](c1ccccc1)(c1ccccc1)C(C)(C)C)C(O)c1ncc(Br)c(C)c1OC. The van der Waals surface area contributed by atoms with Crippen LogP contribution >= 0.6 is 15.9 Å². The van der Waals surface area contributed by atoms with Crippen molar-refractivity contribution in [1.82, 2.24) is 4.98 Å². The molecule has 0 aliphatic rings. The van der Waals surface area contributed by atoms with Gasteiger partial charge in [0.2, 0.25) is 0 Å². The molecule has 186 valence electrons. The van der Waals surface area contributed by atoms with Crippen molar-refractivity contribution in [2.24, 2.45) is 5.41 Å². The Morgan fingerprint density at radius 2 is 1.54 bits per heavy atom. The lowest BCUT2D eigenvalue weighted by Crippen LogP contribution is -2.67. The van der Waals surface area contributed by atoms with Gasteiger partial charge in [-0.25, -0.2) is 0 Å². The summed E-state index contributed by atoms with van der Waals surface area (Å²) >= 11 is 3.50. The Labute approximate surface area is 219 Å². The minimum atomic E-state index is -2.78. The Kier molecular flexibility index (Phi) is 8.43. The highest BCUT2D eigenvalue weighted by Crippen LogP contribution is 2.43. The number of hydrogen-bond donors (Lipinski definition) is 1. The quantitative estimate of drug-likeness (QED) is 0.262. The number of ether oxygens (including phenoxy) is 1. The van der Waals surface area contributed by atoms with Gasteiger partial charge in [-0.3, -0.25) is 4.98 Å². The second-order valence-electron chi connectivity index (χ2n) is 10.2. The first-order valence-electron chi connectivity index (χ1n) is 11.8. The van der Waals surface area contributed by atoms with Crippen LogP contribution in [0.25, 0.3) is 0 Å². The number of aromatic nitrogens is 1. The minimum Gasteiger partial charge on any atom is -0.494 e. The van der Waals surface area contributed by atoms with E-state index in [-0.39, 0.29) is 11.6 Å². The fraction of sp³-hybridized carbons (Fsp3) is 0.345. The molecule has 4 nitrogen and oxygen atoms in total. The van der Waals surface area contributed by atoms with Crippen LogP contribution in [0.15, 0.2) is 84.0 Å². The fourth-order valence-electron chi connectivity index (χ4n) is 4.62. The summed E-state index contributed by atoms with van der Waals surface area (Å²) < 4.78 is 13.6. The largest absolute Gasteiger partial charge is 0.494 e. The first kappa shape index (κ1) is 27.3. The number of halogens is 1. The lowest BCUT2D eigenvalue weighted by Gasteiger charge is -2.45. The summed E-state index contributed by atoms with van der Waals surface area (Å²) in [7, 11) is -1.19. The Balaban J connectivity index is 2.11. The molecule has 0 aliphatic heterocycles. The number of rotatable bonds is 9. The van der Waals surface area contributed by atoms with Gasteiger partial charge < -0.3 is 14.3 Å². The highest BCUT2D eigenvalue weighted by atomic mass is 79.9. The first-order chi connectivity index (χ1) is 16.5. The maximum Gasteiger partial charge on any atom is 0.261 e. The highest BCUT2D eigenvalue weighted by Gasteiger charge is 2.51. The zero-order chi connectivity index (χ0) is 25.9. The number of aliphatic hydroxyl groups excluding tert-OH is 1. The van der Waals surface area contributed by atoms with Gasteiger partial charge in [-0.15, -0.1) is 6.58 Å². The molecule has 0 aliphatic carbocycles. The van der Waals surface area contributed by atoms with Gasteiger partial charge in [0.25, 0.3) is 8.32 Å². The van der Waals surface area contributed by atoms with E-state index in [0.29, 0.717) is 11.4 Å². The van der Waals surface area contributed by atoms with E-state index in [4.69, 9.17) is 9.16 Å². The van der Waals surface area contributed by atoms with Gasteiger partial charge in [-0.2, -0.15) is 0 Å². The van der Waals surface area contributed by atoms with Crippen LogP contribution in [-0.2, 0) is 4.43 Å². The molecule has 1 aromatic heterocycles. The molecular formula is C29H36BrNO3Si. The zero-order valence-electron chi connectivity index (χ0n) is 21.5. The molecule has 0 bridgehead atoms. The number of hydrogen-bond acceptors (Lipinski definition) is 4. The number of methoxy groups -OCH3 is 1. The molecular weight excluding hydrogens is 518 g/mol. The molecule has 3 aromatic rings. The Morgan fingerprint density at radius 1 is 1.03 bits per heavy atom. The summed E-state index contributed by atoms with van der Waals surface area (Å²) in [4.78, 5) is 4.52. The summed E-state index contributed by atoms with van der Waals surface area (Å²) in [5.41, 5.74) is 0.547. The maximum atomic E-state index is 11.6. The van der Waals surface area contributed by atoms with Gasteiger partial charge in [0.15, 0.2) is 0 Å². The third kappa shape index (κ3) is 5.17. The van der Waals surface area contributed by atoms with Gasteiger partial charge >= 0.3 is 0 Å². The number of nitrogens with zero attached hydrogens (tertiary/aromatic N) is 1. The summed E-state index contributed by atoms with van der Waals surface area (Å²) in [6, 6.07) is 21.0. The van der Waals surface area contributed by atoms with Gasteiger partial charge in [0, 0.05) is 28.3 Å². The first-order valence-corrected chi connectivity index (χ1v) is 14.5. The second kappa shape index (κ2) is 10.8. The zero-order valence-corrected chi connectivity index (χ0v) is 24.1. The van der Waals surface area contributed by atoms with Crippen molar-refractivity contribution in [3.8, 4) is 5.75 Å². The topological polar surface area (TPSA) is 51.6 Å². The van der Waals surface area contributed by atoms with E-state index in [1.54, 1.807) is 19.4 Å². The fourth-order valence-corrected chi connectivity index (χ4v) is 9.59. The standard InChI is InChI=1S/C29H36BrNO3Si/c1-8-29(6,27(32)25-26(33-7)21(2)24(30)19-31-25)20-34-35(28(3,4)5,22-15-11-9-12-16-22)23-17-13-10-14-18-23/h8-19,27,32H,1,20H2,2-7H3. The monoisotopic (exact) mass is 553 g/mol. The highest BCUT2D eigenvalue weighted by molar-refractivity contribution is 9.10. The van der Waals surface area contributed by atoms with Crippen molar-refractivity contribution in [1.29, 1.82) is 0 Å². The molecule has 1 heterocycles. The predicted molar refractivity (Wildman–Crippen MR) is 150 cm³/mol. The average Bonchev–Trinajstić information content (AvgIpc) is 2.85. The van der Waals surface area contributed by atoms with Crippen LogP contribution < -0.4 is 15.1 Å². The summed E-state index contributed by atoms with van der Waals surface area (Å²) in [6.45, 7) is 15.0. The molecule has 0 radical (unpaired) electrons. The maximum absolute atomic E-state index is 11.6. The van der Waals surface area contributed by atoms with E-state index >= 15 is 0 Å². The molecule has 2 atom stereocenters. The van der Waals surface area contributed by atoms with Crippen LogP contribution in [0.4, 0.5) is 0 Å². The van der Waals surface area contributed by atoms with Gasteiger partial charge in [0.1, 0.15) is 17.5 Å². The van der Waals surface area contributed by atoms with Crippen molar-refractivity contribution < 1.29 is 14.3 Å². The number of aliphatic hydroxyl groups is 1. The normalized spacial score (nSPS) is 14.7. The molecule has 0 saturated carbocycles. The molecule has 0 amide bonds. The van der Waals surface area contributed by atoms with E-state index in [0.717, 1.165) is 10.0 Å². The summed E-state index contributed by atoms with van der Waals surface area (Å²) in [5, 5.41) is 13.8. The third-order valence-electron chi connectivity index (χ3n) is 6.82. The van der Waals surface area contributed by atoms with Crippen LogP contribution in [0.5, 0.6) is 5.75 Å². The second-order valence-corrected chi connectivity index (χ2v) is 15.4. The van der Waals surface area contributed by atoms with E-state index in [9.17, 15) is 5.11 Å². The number of benzene rings is 2. The van der Waals surface area contributed by atoms with Crippen LogP contribution in [0, 0.1) is 12.3 Å². The van der Waals surface area contributed by atoms with Crippen molar-refractivity contribution >= 4 is 34.6 Å². The predicted octanol–water partition coefficient (Wildman–Crippen LogP) is 5.96. The van der Waals surface area contributed by atoms with E-state index < -0.39 is 19.8 Å². The lowest BCUT2D eigenvalue weighted by molar-refractivity contribution is 0.0271. The molecule has 2 unspecified atom stereocenters. The molecule has 6 heteroatoms. The van der Waals surface area contributed by atoms with Crippen molar-refractivity contribution in [3.63, 3.8) is 0 Å². The Morgan fingerprint density at radius 3 is 1.97 bits per heavy atom. The molecule has 35 heavy (non-hydrogen) atoms. The van der Waals surface area contributed by atoms with E-state index in [1.807, 2.05) is 26.0 Å². The van der Waals surface area contributed by atoms with Crippen molar-refractivity contribution in [2.75, 3.05) is 13.7 Å². The van der Waals surface area contributed by atoms with Gasteiger partial charge in [0.05, 0.1) is 7.11 Å². The minimum absolute atomic E-state index is 0.174. The van der Waals surface area contributed by atoms with Crippen molar-refractivity contribution in [3.05, 3.63) is 95.2 Å². The lowest BCUT2D eigenvalue weighted by atomic mass is 9.83. The molecule has 0 fully saturated rings. The molecule has 3 rings (SSSR count). The third-order valence-corrected chi connectivity index (χ3v) is 12.6. The van der Waals surface area contributed by atoms with Crippen molar-refractivity contribution in [2.45, 2.75) is 45.8 Å². The Bertz CT molecular complexity index is 1110. The average molecular weight is 555 g/mol. The van der Waals surface area contributed by atoms with E-state index in [1.165, 1.54) is 10.4 Å². The molecule has 2 aromatic carbocycles. The van der Waals surface area contributed by atoms with E-state index in [2.05, 4.69) is 96.8 Å². The molecule has 0 saturated heterocycles. The number of pyridine rings is 1. The summed E-state index contributed by atoms with van der Waals surface area (Å²) in [5.74, 6) is 0.561. The van der Waals surface area contributed by atoms with Crippen LogP contribution in [-0.4, -0.2) is 32.1 Å². The molecule has 0 spiro atoms.